The molecule has 21 heteroatoms. The van der Waals surface area contributed by atoms with Crippen molar-refractivity contribution in [2.75, 3.05) is 34.0 Å². The van der Waals surface area contributed by atoms with Crippen LogP contribution in [0.2, 0.25) is 0 Å². The standard InChI is InChI=1S/C50H50O21/c1-63-36-23-30(7-17-34(36)53)11-20-41(56)65-25-38-44(59)46(61)47(62)49(68-38)71-50(27-67-42(57)21-12-31-8-18-35(54)37(24-31)64-2)48(69-43(58)22-10-29-5-15-33(52)16-6-29)45(60)39(70-50)26-66-40(55)19-9-28-3-13-32(51)14-4-28/h3-24,38-39,44-49,51-54,59-62H,25-27H2,1-2H3. The number of benzene rings is 4. The minimum atomic E-state index is -2.71. The van der Waals surface area contributed by atoms with Crippen LogP contribution in [0.25, 0.3) is 24.3 Å². The molecule has 0 spiro atoms. The molecule has 376 valence electrons. The number of carbonyl (C=O) groups is 4. The predicted octanol–water partition coefficient (Wildman–Crippen LogP) is 2.50. The smallest absolute Gasteiger partial charge is 0.331 e. The van der Waals surface area contributed by atoms with E-state index in [1.165, 1.54) is 123 Å². The lowest BCUT2D eigenvalue weighted by Crippen LogP contribution is -2.63. The van der Waals surface area contributed by atoms with Crippen molar-refractivity contribution in [1.29, 1.82) is 0 Å². The molecule has 2 aliphatic rings. The van der Waals surface area contributed by atoms with Gasteiger partial charge in [0.2, 0.25) is 5.79 Å². The number of rotatable bonds is 19. The molecule has 21 nitrogen and oxygen atoms in total. The molecule has 4 aromatic rings. The highest BCUT2D eigenvalue weighted by Crippen LogP contribution is 2.39. The minimum Gasteiger partial charge on any atom is -0.508 e. The normalized spacial score (nSPS) is 24.3. The fraction of sp³-hybridized carbons (Fsp3) is 0.280. The molecule has 2 saturated heterocycles. The van der Waals surface area contributed by atoms with Crippen LogP contribution < -0.4 is 9.47 Å². The van der Waals surface area contributed by atoms with Crippen LogP contribution >= 0.6 is 0 Å². The number of aliphatic hydroxyl groups is 4. The van der Waals surface area contributed by atoms with E-state index in [4.69, 9.17) is 42.6 Å². The molecule has 0 radical (unpaired) electrons. The van der Waals surface area contributed by atoms with Gasteiger partial charge in [0.1, 0.15) is 67.9 Å². The molecule has 8 N–H and O–H groups in total. The Balaban J connectivity index is 1.28. The van der Waals surface area contributed by atoms with Crippen LogP contribution in [0.1, 0.15) is 22.3 Å². The number of hydrogen-bond acceptors (Lipinski definition) is 21. The third kappa shape index (κ3) is 14.2. The van der Waals surface area contributed by atoms with Crippen molar-refractivity contribution in [3.63, 3.8) is 0 Å². The second kappa shape index (κ2) is 24.2. The van der Waals surface area contributed by atoms with Gasteiger partial charge in [-0.05, 0) is 95.1 Å². The highest BCUT2D eigenvalue weighted by molar-refractivity contribution is 5.89. The SMILES string of the molecule is COc1cc(C=CC(=O)OCC2OC(OC3(COC(=O)C=Cc4ccc(O)c(OC)c4)OC(COC(=O)C=Cc4ccc(O)cc4)C(O)C3OC(=O)C=Cc3ccc(O)cc3)C(O)C(O)C2O)ccc1O. The quantitative estimate of drug-likeness (QED) is 0.0380. The van der Waals surface area contributed by atoms with Crippen molar-refractivity contribution in [2.24, 2.45) is 0 Å². The Hall–Kier alpha value is -7.76. The number of hydrogen-bond donors (Lipinski definition) is 8. The molecule has 0 aliphatic carbocycles. The number of phenolic OH excluding ortho intramolecular Hbond substituents is 4. The Labute approximate surface area is 404 Å². The largest absolute Gasteiger partial charge is 0.508 e. The predicted molar refractivity (Wildman–Crippen MR) is 246 cm³/mol. The van der Waals surface area contributed by atoms with E-state index in [9.17, 15) is 60.0 Å². The molecule has 9 atom stereocenters. The van der Waals surface area contributed by atoms with Crippen LogP contribution in [0, 0.1) is 0 Å². The molecule has 71 heavy (non-hydrogen) atoms. The summed E-state index contributed by atoms with van der Waals surface area (Å²) in [5.41, 5.74) is 1.74. The summed E-state index contributed by atoms with van der Waals surface area (Å²) in [5.74, 6) is -7.02. The number of ether oxygens (including phenoxy) is 9. The lowest BCUT2D eigenvalue weighted by molar-refractivity contribution is -0.383. The zero-order valence-corrected chi connectivity index (χ0v) is 37.8. The van der Waals surface area contributed by atoms with E-state index in [0.717, 1.165) is 24.3 Å². The topological polar surface area (TPSA) is 313 Å². The zero-order chi connectivity index (χ0) is 51.2. The number of carbonyl (C=O) groups excluding carboxylic acids is 4. The van der Waals surface area contributed by atoms with Crippen molar-refractivity contribution < 1.29 is 103 Å². The summed E-state index contributed by atoms with van der Waals surface area (Å²) < 4.78 is 50.2. The number of aliphatic hydroxyl groups excluding tert-OH is 4. The second-order valence-electron chi connectivity index (χ2n) is 15.7. The maximum absolute atomic E-state index is 13.5. The van der Waals surface area contributed by atoms with Crippen molar-refractivity contribution in [3.8, 4) is 34.5 Å². The molecular formula is C50H50O21. The molecule has 0 bridgehead atoms. The first-order valence-corrected chi connectivity index (χ1v) is 21.5. The Morgan fingerprint density at radius 1 is 0.535 bits per heavy atom. The summed E-state index contributed by atoms with van der Waals surface area (Å²) in [6, 6.07) is 19.9. The molecule has 2 heterocycles. The number of aromatic hydroxyl groups is 4. The summed E-state index contributed by atoms with van der Waals surface area (Å²) in [4.78, 5) is 52.6. The van der Waals surface area contributed by atoms with Gasteiger partial charge in [0.05, 0.1) is 14.2 Å². The Morgan fingerprint density at radius 3 is 1.46 bits per heavy atom. The van der Waals surface area contributed by atoms with Gasteiger partial charge < -0.3 is 83.5 Å². The van der Waals surface area contributed by atoms with E-state index in [0.29, 0.717) is 22.3 Å². The summed E-state index contributed by atoms with van der Waals surface area (Å²) in [6.45, 7) is -2.62. The average molecular weight is 987 g/mol. The maximum Gasteiger partial charge on any atom is 0.331 e. The van der Waals surface area contributed by atoms with Crippen molar-refractivity contribution in [3.05, 3.63) is 131 Å². The number of phenols is 4. The summed E-state index contributed by atoms with van der Waals surface area (Å²) >= 11 is 0. The van der Waals surface area contributed by atoms with Gasteiger partial charge in [-0.25, -0.2) is 19.2 Å². The second-order valence-corrected chi connectivity index (χ2v) is 15.7. The van der Waals surface area contributed by atoms with Gasteiger partial charge in [-0.15, -0.1) is 0 Å². The highest BCUT2D eigenvalue weighted by atomic mass is 16.8. The highest BCUT2D eigenvalue weighted by Gasteiger charge is 2.62. The third-order valence-electron chi connectivity index (χ3n) is 10.7. The average Bonchev–Trinajstić information content (AvgIpc) is 3.62. The lowest BCUT2D eigenvalue weighted by atomic mass is 9.98. The van der Waals surface area contributed by atoms with Crippen molar-refractivity contribution in [2.45, 2.75) is 54.8 Å². The molecule has 0 aromatic heterocycles. The summed E-state index contributed by atoms with van der Waals surface area (Å²) in [5, 5.41) is 84.2. The van der Waals surface area contributed by atoms with E-state index >= 15 is 0 Å². The van der Waals surface area contributed by atoms with E-state index < -0.39 is 98.5 Å². The summed E-state index contributed by atoms with van der Waals surface area (Å²) in [7, 11) is 2.66. The summed E-state index contributed by atoms with van der Waals surface area (Å²) in [6.07, 6.45) is -6.40. The van der Waals surface area contributed by atoms with E-state index in [2.05, 4.69) is 0 Å². The fourth-order valence-corrected chi connectivity index (χ4v) is 6.97. The molecular weight excluding hydrogens is 937 g/mol. The van der Waals surface area contributed by atoms with Gasteiger partial charge in [0.15, 0.2) is 35.4 Å². The molecule has 0 amide bonds. The Bertz CT molecular complexity index is 2610. The molecule has 2 aliphatic heterocycles. The van der Waals surface area contributed by atoms with Gasteiger partial charge in [-0.2, -0.15) is 0 Å². The Kier molecular flexibility index (Phi) is 17.9. The van der Waals surface area contributed by atoms with Crippen molar-refractivity contribution >= 4 is 48.2 Å². The third-order valence-corrected chi connectivity index (χ3v) is 10.7. The van der Waals surface area contributed by atoms with E-state index in [-0.39, 0.29) is 34.5 Å². The fourth-order valence-electron chi connectivity index (χ4n) is 6.97. The monoisotopic (exact) mass is 986 g/mol. The molecule has 2 fully saturated rings. The van der Waals surface area contributed by atoms with Crippen LogP contribution in [0.3, 0.4) is 0 Å². The van der Waals surface area contributed by atoms with Gasteiger partial charge in [0.25, 0.3) is 0 Å². The van der Waals surface area contributed by atoms with Crippen LogP contribution in [-0.4, -0.2) is 154 Å². The molecule has 6 rings (SSSR count). The van der Waals surface area contributed by atoms with Crippen LogP contribution in [-0.2, 0) is 52.3 Å². The molecule has 9 unspecified atom stereocenters. The first-order valence-electron chi connectivity index (χ1n) is 21.5. The minimum absolute atomic E-state index is 0.0121. The van der Waals surface area contributed by atoms with Crippen LogP contribution in [0.4, 0.5) is 0 Å². The van der Waals surface area contributed by atoms with E-state index in [1.807, 2.05) is 0 Å². The number of esters is 4. The lowest BCUT2D eigenvalue weighted by Gasteiger charge is -2.43. The van der Waals surface area contributed by atoms with Gasteiger partial charge >= 0.3 is 23.9 Å². The first-order chi connectivity index (χ1) is 34.0. The first kappa shape index (κ1) is 52.6. The maximum atomic E-state index is 13.5. The van der Waals surface area contributed by atoms with Gasteiger partial charge in [-0.1, -0.05) is 36.4 Å². The van der Waals surface area contributed by atoms with Gasteiger partial charge in [-0.3, -0.25) is 0 Å². The van der Waals surface area contributed by atoms with E-state index in [1.54, 1.807) is 0 Å². The van der Waals surface area contributed by atoms with Gasteiger partial charge in [0, 0.05) is 24.3 Å². The number of methoxy groups -OCH3 is 2. The Morgan fingerprint density at radius 2 is 0.972 bits per heavy atom. The van der Waals surface area contributed by atoms with Crippen LogP contribution in [0.15, 0.2) is 109 Å². The van der Waals surface area contributed by atoms with Crippen molar-refractivity contribution in [1.82, 2.24) is 0 Å². The molecule has 0 saturated carbocycles. The molecule has 4 aromatic carbocycles. The zero-order valence-electron chi connectivity index (χ0n) is 37.8. The van der Waals surface area contributed by atoms with Crippen LogP contribution in [0.5, 0.6) is 34.5 Å².